The highest BCUT2D eigenvalue weighted by Crippen LogP contribution is 2.32. The summed E-state index contributed by atoms with van der Waals surface area (Å²) < 4.78 is 24.3. The van der Waals surface area contributed by atoms with Crippen LogP contribution >= 0.6 is 0 Å². The quantitative estimate of drug-likeness (QED) is 0.788. The summed E-state index contributed by atoms with van der Waals surface area (Å²) >= 11 is 0. The first-order chi connectivity index (χ1) is 12.3. The molecule has 0 bridgehead atoms. The smallest absolute Gasteiger partial charge is 0.179 e. The highest BCUT2D eigenvalue weighted by Gasteiger charge is 2.25. The second-order valence-electron chi connectivity index (χ2n) is 7.89. The molecule has 0 amide bonds. The fraction of sp³-hybridized carbons (Fsp3) is 0.550. The van der Waals surface area contributed by atoms with E-state index in [1.165, 1.54) is 12.1 Å². The SMILES string of the molecule is C=C(NCCN1CCC(c2noc3cc(F)ccc23)CC1)OC(C)(C)C. The molecule has 1 aromatic carbocycles. The van der Waals surface area contributed by atoms with Crippen LogP contribution in [0.3, 0.4) is 0 Å². The predicted octanol–water partition coefficient (Wildman–Crippen LogP) is 4.02. The number of fused-ring (bicyclic) bond motifs is 1. The van der Waals surface area contributed by atoms with Crippen LogP contribution < -0.4 is 5.32 Å². The van der Waals surface area contributed by atoms with E-state index in [2.05, 4.69) is 22.0 Å². The summed E-state index contributed by atoms with van der Waals surface area (Å²) in [6, 6.07) is 4.64. The summed E-state index contributed by atoms with van der Waals surface area (Å²) in [6.07, 6.45) is 2.05. The Bertz CT molecular complexity index is 758. The normalized spacial score (nSPS) is 16.8. The second kappa shape index (κ2) is 7.66. The predicted molar refractivity (Wildman–Crippen MR) is 100 cm³/mol. The lowest BCUT2D eigenvalue weighted by Gasteiger charge is -2.31. The van der Waals surface area contributed by atoms with Gasteiger partial charge in [0, 0.05) is 30.5 Å². The van der Waals surface area contributed by atoms with E-state index in [1.54, 1.807) is 6.07 Å². The Morgan fingerprint density at radius 3 is 2.81 bits per heavy atom. The van der Waals surface area contributed by atoms with Crippen LogP contribution in [0.5, 0.6) is 0 Å². The molecular formula is C20H28FN3O2. The average Bonchev–Trinajstić information content (AvgIpc) is 2.96. The number of hydrogen-bond acceptors (Lipinski definition) is 5. The Morgan fingerprint density at radius 2 is 2.12 bits per heavy atom. The van der Waals surface area contributed by atoms with Crippen LogP contribution in [-0.4, -0.2) is 41.8 Å². The highest BCUT2D eigenvalue weighted by atomic mass is 19.1. The van der Waals surface area contributed by atoms with E-state index >= 15 is 0 Å². The van der Waals surface area contributed by atoms with Crippen molar-refractivity contribution in [3.8, 4) is 0 Å². The lowest BCUT2D eigenvalue weighted by Crippen LogP contribution is -2.38. The van der Waals surface area contributed by atoms with Crippen LogP contribution in [0.2, 0.25) is 0 Å². The van der Waals surface area contributed by atoms with Gasteiger partial charge in [-0.1, -0.05) is 5.16 Å². The van der Waals surface area contributed by atoms with Gasteiger partial charge >= 0.3 is 0 Å². The second-order valence-corrected chi connectivity index (χ2v) is 7.89. The molecule has 0 spiro atoms. The molecule has 1 aliphatic heterocycles. The van der Waals surface area contributed by atoms with E-state index in [1.807, 2.05) is 20.8 Å². The maximum atomic E-state index is 13.3. The number of benzene rings is 1. The zero-order chi connectivity index (χ0) is 18.7. The maximum Gasteiger partial charge on any atom is 0.179 e. The van der Waals surface area contributed by atoms with Gasteiger partial charge in [0.2, 0.25) is 0 Å². The van der Waals surface area contributed by atoms with Crippen molar-refractivity contribution in [1.29, 1.82) is 0 Å². The molecular weight excluding hydrogens is 333 g/mol. The summed E-state index contributed by atoms with van der Waals surface area (Å²) in [5, 5.41) is 8.37. The molecule has 0 saturated carbocycles. The fourth-order valence-corrected chi connectivity index (χ4v) is 3.41. The molecule has 1 N–H and O–H groups in total. The Balaban J connectivity index is 1.46. The summed E-state index contributed by atoms with van der Waals surface area (Å²) in [5.41, 5.74) is 1.26. The molecule has 142 valence electrons. The minimum absolute atomic E-state index is 0.230. The number of rotatable bonds is 6. The van der Waals surface area contributed by atoms with Crippen molar-refractivity contribution in [3.05, 3.63) is 42.2 Å². The van der Waals surface area contributed by atoms with Gasteiger partial charge < -0.3 is 19.5 Å². The van der Waals surface area contributed by atoms with Crippen LogP contribution in [-0.2, 0) is 4.74 Å². The molecule has 0 aliphatic carbocycles. The number of halogens is 1. The molecule has 1 fully saturated rings. The van der Waals surface area contributed by atoms with Crippen LogP contribution in [0.15, 0.2) is 35.2 Å². The average molecular weight is 361 g/mol. The molecule has 2 aromatic rings. The van der Waals surface area contributed by atoms with E-state index in [9.17, 15) is 4.39 Å². The van der Waals surface area contributed by atoms with Crippen molar-refractivity contribution >= 4 is 11.0 Å². The zero-order valence-electron chi connectivity index (χ0n) is 15.8. The van der Waals surface area contributed by atoms with Crippen molar-refractivity contribution < 1.29 is 13.7 Å². The summed E-state index contributed by atoms with van der Waals surface area (Å²) in [6.45, 7) is 13.7. The van der Waals surface area contributed by atoms with E-state index in [-0.39, 0.29) is 11.4 Å². The number of ether oxygens (including phenoxy) is 1. The third-order valence-electron chi connectivity index (χ3n) is 4.62. The number of aromatic nitrogens is 1. The van der Waals surface area contributed by atoms with Gasteiger partial charge in [-0.15, -0.1) is 0 Å². The van der Waals surface area contributed by atoms with Crippen molar-refractivity contribution in [2.75, 3.05) is 26.2 Å². The van der Waals surface area contributed by atoms with Crippen molar-refractivity contribution in [2.24, 2.45) is 0 Å². The van der Waals surface area contributed by atoms with Gasteiger partial charge in [-0.05, 0) is 65.4 Å². The molecule has 1 aliphatic rings. The molecule has 3 rings (SSSR count). The van der Waals surface area contributed by atoms with Gasteiger partial charge in [-0.3, -0.25) is 0 Å². The maximum absolute atomic E-state index is 13.3. The van der Waals surface area contributed by atoms with Crippen LogP contribution in [0.25, 0.3) is 11.0 Å². The third-order valence-corrected chi connectivity index (χ3v) is 4.62. The van der Waals surface area contributed by atoms with Gasteiger partial charge in [-0.2, -0.15) is 0 Å². The topological polar surface area (TPSA) is 50.5 Å². The number of piperidine rings is 1. The first kappa shape index (κ1) is 18.7. The molecule has 0 unspecified atom stereocenters. The minimum atomic E-state index is -0.292. The number of nitrogens with zero attached hydrogens (tertiary/aromatic N) is 2. The van der Waals surface area contributed by atoms with Crippen molar-refractivity contribution in [2.45, 2.75) is 45.1 Å². The van der Waals surface area contributed by atoms with Gasteiger partial charge in [-0.25, -0.2) is 4.39 Å². The number of nitrogens with one attached hydrogen (secondary N) is 1. The lowest BCUT2D eigenvalue weighted by molar-refractivity contribution is 0.0407. The first-order valence-electron chi connectivity index (χ1n) is 9.21. The molecule has 6 heteroatoms. The Morgan fingerprint density at radius 1 is 1.38 bits per heavy atom. The highest BCUT2D eigenvalue weighted by molar-refractivity contribution is 5.79. The lowest BCUT2D eigenvalue weighted by atomic mass is 9.91. The first-order valence-corrected chi connectivity index (χ1v) is 9.21. The third kappa shape index (κ3) is 4.75. The largest absolute Gasteiger partial charge is 0.474 e. The molecule has 1 aromatic heterocycles. The van der Waals surface area contributed by atoms with E-state index in [0.29, 0.717) is 17.4 Å². The van der Waals surface area contributed by atoms with Crippen molar-refractivity contribution in [3.63, 3.8) is 0 Å². The molecule has 2 heterocycles. The zero-order valence-corrected chi connectivity index (χ0v) is 15.8. The Hall–Kier alpha value is -2.08. The van der Waals surface area contributed by atoms with Crippen LogP contribution in [0.4, 0.5) is 4.39 Å². The Kier molecular flexibility index (Phi) is 5.51. The summed E-state index contributed by atoms with van der Waals surface area (Å²) in [4.78, 5) is 2.43. The monoisotopic (exact) mass is 361 g/mol. The number of likely N-dealkylation sites (tertiary alicyclic amines) is 1. The molecule has 0 atom stereocenters. The van der Waals surface area contributed by atoms with Gasteiger partial charge in [0.05, 0.1) is 5.69 Å². The fourth-order valence-electron chi connectivity index (χ4n) is 3.41. The molecule has 0 radical (unpaired) electrons. The standard InChI is InChI=1S/C20H28FN3O2/c1-14(25-20(2,3)4)22-9-12-24-10-7-15(8-11-24)19-17-6-5-16(21)13-18(17)26-23-19/h5-6,13,15,22H,1,7-12H2,2-4H3. The van der Waals surface area contributed by atoms with E-state index in [4.69, 9.17) is 9.26 Å². The Labute approximate surface area is 154 Å². The molecule has 5 nitrogen and oxygen atoms in total. The van der Waals surface area contributed by atoms with Crippen LogP contribution in [0.1, 0.15) is 45.2 Å². The molecule has 1 saturated heterocycles. The summed E-state index contributed by atoms with van der Waals surface area (Å²) in [7, 11) is 0. The van der Waals surface area contributed by atoms with Gasteiger partial charge in [0.15, 0.2) is 11.5 Å². The number of hydrogen-bond donors (Lipinski definition) is 1. The van der Waals surface area contributed by atoms with Gasteiger partial charge in [0.25, 0.3) is 0 Å². The van der Waals surface area contributed by atoms with Crippen LogP contribution in [0, 0.1) is 5.82 Å². The van der Waals surface area contributed by atoms with Gasteiger partial charge in [0.1, 0.15) is 11.4 Å². The van der Waals surface area contributed by atoms with E-state index < -0.39 is 0 Å². The van der Waals surface area contributed by atoms with E-state index in [0.717, 1.165) is 50.1 Å². The van der Waals surface area contributed by atoms with Crippen molar-refractivity contribution in [1.82, 2.24) is 15.4 Å². The molecule has 26 heavy (non-hydrogen) atoms. The summed E-state index contributed by atoms with van der Waals surface area (Å²) in [5.74, 6) is 0.693. The minimum Gasteiger partial charge on any atom is -0.474 e.